The molecule has 1 fully saturated rings. The van der Waals surface area contributed by atoms with Crippen molar-refractivity contribution in [1.82, 2.24) is 48.9 Å². The number of hydrogen-bond donors (Lipinski definition) is 4. The predicted octanol–water partition coefficient (Wildman–Crippen LogP) is 9.60. The minimum atomic E-state index is -1.49. The van der Waals surface area contributed by atoms with Crippen LogP contribution >= 0.6 is 0 Å². The standard InChI is InChI=1S/C79H87N13O21/c1-13-91-61(34-43(3)86-91)71(97)84-76-82-59-36-50(73(99)104-11)38-63(103-10)66(59)89(76)31-19-20-32-90-67-60(83-77(90)85-72(98)62-35-44(4)87-92(62)14-2)37-51(74(100)105-12)39-64(67)106-33-21-30-88(9)79(102)108-41-49-26-27-52(113-75-70(112-48(8)95)69(111-47(7)94)68(45(5)109-75)110-46(6)93)40-58(49)81-65(96)28-29-80-78(101)107-42-57-55-24-17-15-22-53(55)54-23-16-18-25-56(54)57/h15-20,22-27,34-40,45,57,68-70,75H,13-14,21,28-33,41-42H2,1-12H3,(H,80,101)(H,81,96)(H,82,84,97)(H,83,85,98)/b20-19+/t45-,68-,69+,70-,75?/m1/s1. The fraction of sp³-hybridized carbons (Fsp3) is 0.367. The van der Waals surface area contributed by atoms with E-state index in [0.717, 1.165) is 43.0 Å². The molecule has 594 valence electrons. The van der Waals surface area contributed by atoms with Gasteiger partial charge in [0.1, 0.15) is 52.9 Å². The molecule has 4 N–H and O–H groups in total. The van der Waals surface area contributed by atoms with Crippen molar-refractivity contribution in [3.8, 4) is 28.4 Å². The highest BCUT2D eigenvalue weighted by Crippen LogP contribution is 2.45. The second-order valence-electron chi connectivity index (χ2n) is 26.4. The lowest BCUT2D eigenvalue weighted by molar-refractivity contribution is -0.280. The van der Waals surface area contributed by atoms with Gasteiger partial charge in [-0.25, -0.2) is 29.1 Å². The molecule has 0 bridgehead atoms. The molecule has 5 amide bonds. The Morgan fingerprint density at radius 1 is 0.619 bits per heavy atom. The Bertz CT molecular complexity index is 5110. The molecule has 0 radical (unpaired) electrons. The van der Waals surface area contributed by atoms with Gasteiger partial charge in [-0.15, -0.1) is 0 Å². The van der Waals surface area contributed by atoms with E-state index >= 15 is 0 Å². The van der Waals surface area contributed by atoms with E-state index in [0.29, 0.717) is 41.0 Å². The van der Waals surface area contributed by atoms with Gasteiger partial charge in [-0.05, 0) is 112 Å². The maximum absolute atomic E-state index is 14.3. The summed E-state index contributed by atoms with van der Waals surface area (Å²) in [5.41, 5.74) is 7.73. The summed E-state index contributed by atoms with van der Waals surface area (Å²) in [5, 5.41) is 20.2. The quantitative estimate of drug-likeness (QED) is 0.0136. The monoisotopic (exact) mass is 1550 g/mol. The first kappa shape index (κ1) is 80.9. The Hall–Kier alpha value is -13.1. The van der Waals surface area contributed by atoms with Gasteiger partial charge in [-0.3, -0.25) is 48.8 Å². The third-order valence-corrected chi connectivity index (χ3v) is 18.5. The average molecular weight is 1550 g/mol. The van der Waals surface area contributed by atoms with Gasteiger partial charge in [-0.1, -0.05) is 60.7 Å². The van der Waals surface area contributed by atoms with E-state index in [-0.39, 0.29) is 127 Å². The topological polar surface area (TPSA) is 395 Å². The molecule has 1 unspecified atom stereocenters. The zero-order chi connectivity index (χ0) is 80.9. The number of amides is 5. The highest BCUT2D eigenvalue weighted by Gasteiger charge is 2.52. The summed E-state index contributed by atoms with van der Waals surface area (Å²) in [6, 6.07) is 29.4. The number of methoxy groups -OCH3 is 3. The molecule has 34 heteroatoms. The van der Waals surface area contributed by atoms with Crippen molar-refractivity contribution >= 4 is 99.4 Å². The second-order valence-corrected chi connectivity index (χ2v) is 26.4. The van der Waals surface area contributed by atoms with Crippen LogP contribution in [0.3, 0.4) is 0 Å². The van der Waals surface area contributed by atoms with Gasteiger partial charge in [0.25, 0.3) is 11.8 Å². The van der Waals surface area contributed by atoms with Gasteiger partial charge < -0.3 is 76.8 Å². The summed E-state index contributed by atoms with van der Waals surface area (Å²) in [6.07, 6.45) is -4.69. The molecular weight excluding hydrogens is 1470 g/mol. The molecule has 1 aliphatic heterocycles. The summed E-state index contributed by atoms with van der Waals surface area (Å²) in [4.78, 5) is 144. The Morgan fingerprint density at radius 3 is 1.69 bits per heavy atom. The molecule has 113 heavy (non-hydrogen) atoms. The van der Waals surface area contributed by atoms with E-state index in [4.69, 9.17) is 62.1 Å². The van der Waals surface area contributed by atoms with Crippen LogP contribution in [-0.2, 0) is 89.9 Å². The van der Waals surface area contributed by atoms with Crippen LogP contribution in [0.2, 0.25) is 0 Å². The van der Waals surface area contributed by atoms with Crippen LogP contribution in [0.1, 0.15) is 130 Å². The second kappa shape index (κ2) is 36.1. The van der Waals surface area contributed by atoms with Crippen molar-refractivity contribution in [1.29, 1.82) is 0 Å². The molecule has 2 aliphatic rings. The molecule has 11 rings (SSSR count). The van der Waals surface area contributed by atoms with Crippen LogP contribution in [0.25, 0.3) is 33.2 Å². The Morgan fingerprint density at radius 2 is 1.15 bits per heavy atom. The van der Waals surface area contributed by atoms with Crippen molar-refractivity contribution in [2.75, 3.05) is 70.6 Å². The maximum Gasteiger partial charge on any atom is 0.409 e. The number of carbonyl (C=O) groups is 10. The predicted molar refractivity (Wildman–Crippen MR) is 406 cm³/mol. The smallest absolute Gasteiger partial charge is 0.409 e. The highest BCUT2D eigenvalue weighted by atomic mass is 16.7. The number of allylic oxidation sites excluding steroid dienone is 2. The Labute approximate surface area is 648 Å². The average Bonchev–Trinajstić information content (AvgIpc) is 1.67. The summed E-state index contributed by atoms with van der Waals surface area (Å²) in [6.45, 7) is 12.4. The number of ether oxygens (including phenoxy) is 11. The molecule has 5 aromatic carbocycles. The van der Waals surface area contributed by atoms with E-state index in [2.05, 4.69) is 31.5 Å². The van der Waals surface area contributed by atoms with Crippen LogP contribution in [0, 0.1) is 13.8 Å². The van der Waals surface area contributed by atoms with E-state index in [9.17, 15) is 47.9 Å². The van der Waals surface area contributed by atoms with Crippen LogP contribution in [0.4, 0.5) is 27.2 Å². The first-order chi connectivity index (χ1) is 54.3. The number of alkyl carbamates (subject to hydrolysis) is 1. The Kier molecular flexibility index (Phi) is 25.9. The number of aromatic nitrogens is 8. The number of esters is 5. The minimum absolute atomic E-state index is 0.00215. The maximum atomic E-state index is 14.3. The number of nitrogens with zero attached hydrogens (tertiary/aromatic N) is 9. The Balaban J connectivity index is 0.813. The molecule has 5 atom stereocenters. The van der Waals surface area contributed by atoms with Crippen LogP contribution < -0.4 is 35.5 Å². The fourth-order valence-electron chi connectivity index (χ4n) is 13.4. The number of hydrogen-bond acceptors (Lipinski definition) is 25. The summed E-state index contributed by atoms with van der Waals surface area (Å²) in [7, 11) is 5.39. The first-order valence-electron chi connectivity index (χ1n) is 36.3. The molecule has 5 heterocycles. The van der Waals surface area contributed by atoms with Crippen molar-refractivity contribution in [2.24, 2.45) is 0 Å². The highest BCUT2D eigenvalue weighted by molar-refractivity contribution is 6.05. The summed E-state index contributed by atoms with van der Waals surface area (Å²) in [5.74, 6) is -4.99. The SMILES string of the molecule is CCn1nc(C)cc1C(=O)Nc1nc2cc(C(=O)OC)cc(OC)c2n1C/C=C/Cn1c(NC(=O)c2cc(C)nn2CC)nc2cc(C(=O)OC)cc(OCCCN(C)C(=O)OCc3ccc(OC4O[C@H](C)[C@@H](OC(C)=O)[C@H](OC(C)=O)[C@H]4OC(C)=O)cc3NC(=O)CCNC(=O)OCC3c4ccccc4-c4ccccc43)c21. The van der Waals surface area contributed by atoms with E-state index in [1.54, 1.807) is 56.6 Å². The molecule has 9 aromatic rings. The van der Waals surface area contributed by atoms with Crippen molar-refractivity contribution in [3.63, 3.8) is 0 Å². The normalized spacial score (nSPS) is 15.6. The van der Waals surface area contributed by atoms with Crippen molar-refractivity contribution < 1.29 is 100 Å². The molecule has 1 saturated heterocycles. The molecule has 1 aliphatic carbocycles. The van der Waals surface area contributed by atoms with Crippen LogP contribution in [0.15, 0.2) is 115 Å². The van der Waals surface area contributed by atoms with Gasteiger partial charge >= 0.3 is 42.0 Å². The lowest BCUT2D eigenvalue weighted by Crippen LogP contribution is -2.62. The van der Waals surface area contributed by atoms with Gasteiger partial charge in [-0.2, -0.15) is 10.2 Å². The zero-order valence-electron chi connectivity index (χ0n) is 64.3. The van der Waals surface area contributed by atoms with Crippen molar-refractivity contribution in [3.05, 3.63) is 166 Å². The number of aryl methyl sites for hydroxylation is 4. The molecule has 34 nitrogen and oxygen atoms in total. The molecular formula is C79H87N13O21. The van der Waals surface area contributed by atoms with E-state index in [1.807, 2.05) is 62.4 Å². The van der Waals surface area contributed by atoms with Gasteiger partial charge in [0.15, 0.2) is 12.2 Å². The lowest BCUT2D eigenvalue weighted by Gasteiger charge is -2.43. The number of benzene rings is 5. The van der Waals surface area contributed by atoms with Crippen molar-refractivity contribution in [2.45, 2.75) is 138 Å². The molecule has 0 saturated carbocycles. The third kappa shape index (κ3) is 18.8. The van der Waals surface area contributed by atoms with Gasteiger partial charge in [0.05, 0.1) is 73.3 Å². The number of rotatable bonds is 31. The summed E-state index contributed by atoms with van der Waals surface area (Å²) >= 11 is 0. The van der Waals surface area contributed by atoms with Gasteiger partial charge in [0.2, 0.25) is 30.2 Å². The number of anilines is 3. The molecule has 0 spiro atoms. The van der Waals surface area contributed by atoms with E-state index < -0.39 is 97.1 Å². The number of carbonyl (C=O) groups excluding carboxylic acids is 10. The largest absolute Gasteiger partial charge is 0.494 e. The lowest BCUT2D eigenvalue weighted by atomic mass is 9.98. The van der Waals surface area contributed by atoms with Gasteiger partial charge in [0, 0.05) is 91.1 Å². The van der Waals surface area contributed by atoms with Crippen LogP contribution in [-0.4, -0.2) is 189 Å². The number of imidazole rings is 2. The number of nitrogens with one attached hydrogen (secondary N) is 4. The molecule has 4 aromatic heterocycles. The van der Waals surface area contributed by atoms with E-state index in [1.165, 1.54) is 82.7 Å². The first-order valence-corrected chi connectivity index (χ1v) is 36.3. The fourth-order valence-corrected chi connectivity index (χ4v) is 13.4. The zero-order valence-corrected chi connectivity index (χ0v) is 64.3. The number of fused-ring (bicyclic) bond motifs is 5. The minimum Gasteiger partial charge on any atom is -0.494 e. The third-order valence-electron chi connectivity index (χ3n) is 18.5. The summed E-state index contributed by atoms with van der Waals surface area (Å²) < 4.78 is 69.5. The van der Waals surface area contributed by atoms with Crippen LogP contribution in [0.5, 0.6) is 17.2 Å².